The van der Waals surface area contributed by atoms with Gasteiger partial charge in [0.05, 0.1) is 11.1 Å². The number of benzene rings is 7. The first-order valence-electron chi connectivity index (χ1n) is 40.5. The van der Waals surface area contributed by atoms with Gasteiger partial charge in [-0.2, -0.15) is 0 Å². The lowest BCUT2D eigenvalue weighted by molar-refractivity contribution is 0.512. The van der Waals surface area contributed by atoms with Crippen LogP contribution in [0.5, 0.6) is 23.0 Å². The topological polar surface area (TPSA) is 43.4 Å². The molecule has 0 radical (unpaired) electrons. The number of hydrogen-bond donors (Lipinski definition) is 0. The molecule has 0 saturated heterocycles. The SMILES string of the molecule is CCCCCCN(CCCCCC)c1ccc(C#Cc2ccc3c(-c4c(O[Si](CC)(CC)CC)cccc4O[Si](CC)(CC)CC)c4cc(C#Cc5ccc(N(CCCCCC)CCCCCC)cc5)ccc4c(-c4c(O[Si](CC)(CC)CC)cccc4O[Si](CC)(CC)CC)c3c2)cc1. The van der Waals surface area contributed by atoms with Gasteiger partial charge >= 0.3 is 0 Å². The molecule has 0 aliphatic carbocycles. The largest absolute Gasteiger partial charge is 0.543 e. The van der Waals surface area contributed by atoms with E-state index >= 15 is 0 Å². The Bertz CT molecular complexity index is 3350. The predicted molar refractivity (Wildman–Crippen MR) is 449 cm³/mol. The van der Waals surface area contributed by atoms with Crippen molar-refractivity contribution in [1.29, 1.82) is 0 Å². The van der Waals surface area contributed by atoms with E-state index in [1.165, 1.54) is 114 Å². The summed E-state index contributed by atoms with van der Waals surface area (Å²) in [6.45, 7) is 41.7. The van der Waals surface area contributed by atoms with Crippen molar-refractivity contribution < 1.29 is 17.7 Å². The Morgan fingerprint density at radius 1 is 0.250 bits per heavy atom. The zero-order valence-electron chi connectivity index (χ0n) is 65.7. The van der Waals surface area contributed by atoms with Gasteiger partial charge in [0, 0.05) is 70.9 Å². The van der Waals surface area contributed by atoms with Crippen LogP contribution in [0.2, 0.25) is 72.5 Å². The van der Waals surface area contributed by atoms with Gasteiger partial charge < -0.3 is 27.5 Å². The Morgan fingerprint density at radius 2 is 0.490 bits per heavy atom. The summed E-state index contributed by atoms with van der Waals surface area (Å²) >= 11 is 0. The summed E-state index contributed by atoms with van der Waals surface area (Å²) in [6, 6.07) is 57.8. The second-order valence-corrected chi connectivity index (χ2v) is 47.5. The Kier molecular flexibility index (Phi) is 33.5. The zero-order chi connectivity index (χ0) is 72.0. The molecular weight excluding hydrogens is 1290 g/mol. The molecule has 0 aliphatic heterocycles. The summed E-state index contributed by atoms with van der Waals surface area (Å²) < 4.78 is 31.3. The molecule has 0 spiro atoms. The van der Waals surface area contributed by atoms with E-state index in [4.69, 9.17) is 17.7 Å². The van der Waals surface area contributed by atoms with Crippen LogP contribution in [0.25, 0.3) is 43.8 Å². The molecule has 10 heteroatoms. The van der Waals surface area contributed by atoms with Crippen LogP contribution in [-0.2, 0) is 0 Å². The van der Waals surface area contributed by atoms with Crippen LogP contribution in [0.1, 0.15) is 236 Å². The third-order valence-corrected chi connectivity index (χ3v) is 41.0. The lowest BCUT2D eigenvalue weighted by Gasteiger charge is -2.35. The van der Waals surface area contributed by atoms with Crippen molar-refractivity contribution in [2.75, 3.05) is 36.0 Å². The molecular formula is C90H132N2O4Si4. The minimum atomic E-state index is -2.30. The van der Waals surface area contributed by atoms with Gasteiger partial charge in [0.2, 0.25) is 0 Å². The quantitative estimate of drug-likeness (QED) is 0.0164. The van der Waals surface area contributed by atoms with Gasteiger partial charge in [0.15, 0.2) is 0 Å². The molecule has 7 aromatic rings. The van der Waals surface area contributed by atoms with Gasteiger partial charge in [-0.05, 0) is 217 Å². The smallest absolute Gasteiger partial charge is 0.250 e. The summed E-state index contributed by atoms with van der Waals surface area (Å²) in [4.78, 5) is 5.24. The van der Waals surface area contributed by atoms with Gasteiger partial charge in [-0.3, -0.25) is 0 Å². The molecule has 0 aromatic heterocycles. The average Bonchev–Trinajstić information content (AvgIpc) is 0.716. The highest BCUT2D eigenvalue weighted by atomic mass is 28.4. The minimum Gasteiger partial charge on any atom is -0.543 e. The van der Waals surface area contributed by atoms with E-state index in [0.29, 0.717) is 0 Å². The molecule has 7 aromatic carbocycles. The highest BCUT2D eigenvalue weighted by Crippen LogP contribution is 2.54. The van der Waals surface area contributed by atoms with Gasteiger partial charge in [-0.15, -0.1) is 0 Å². The molecule has 0 saturated carbocycles. The number of rotatable bonds is 44. The van der Waals surface area contributed by atoms with Gasteiger partial charge in [-0.1, -0.05) is 236 Å². The molecule has 0 amide bonds. The van der Waals surface area contributed by atoms with Gasteiger partial charge in [0.1, 0.15) is 23.0 Å². The molecule has 0 unspecified atom stereocenters. The molecule has 6 nitrogen and oxygen atoms in total. The minimum absolute atomic E-state index is 0.910. The van der Waals surface area contributed by atoms with Crippen molar-refractivity contribution >= 4 is 66.2 Å². The van der Waals surface area contributed by atoms with E-state index in [-0.39, 0.29) is 0 Å². The average molecular weight is 1420 g/mol. The molecule has 100 heavy (non-hydrogen) atoms. The normalized spacial score (nSPS) is 11.9. The molecule has 0 fully saturated rings. The summed E-state index contributed by atoms with van der Waals surface area (Å²) in [6.07, 6.45) is 20.1. The standard InChI is InChI=1S/C90H132N2O4Si4/c1-17-33-37-41-67-91(68-42-38-34-18-2)77-61-55-73(56-62-77)51-53-75-59-65-79-81(71-75)87(89-83(93-97(21-5,22-6)23-7)47-45-48-84(89)94-98(24-8,25-9)26-10)80-66-60-76(54-52-74-57-63-78(64-58-74)92(69-43-39-35-19-3)70-44-40-36-20-4)72-82(80)88(79)90-85(95-99(27-11,28-12)29-13)49-46-50-86(90)96-100(30-14,31-15)32-16/h45-50,55-66,71-72H,17-44,67-70H2,1-16H3. The molecule has 0 heterocycles. The maximum Gasteiger partial charge on any atom is 0.250 e. The molecule has 7 rings (SSSR count). The Labute approximate surface area is 614 Å². The second-order valence-electron chi connectivity index (χ2n) is 28.7. The van der Waals surface area contributed by atoms with E-state index in [0.717, 1.165) is 188 Å². The van der Waals surface area contributed by atoms with E-state index < -0.39 is 33.3 Å². The zero-order valence-corrected chi connectivity index (χ0v) is 69.7. The highest BCUT2D eigenvalue weighted by Gasteiger charge is 2.39. The molecule has 542 valence electrons. The van der Waals surface area contributed by atoms with Gasteiger partial charge in [-0.25, -0.2) is 0 Å². The van der Waals surface area contributed by atoms with Crippen LogP contribution in [-0.4, -0.2) is 59.4 Å². The van der Waals surface area contributed by atoms with Crippen LogP contribution < -0.4 is 27.5 Å². The maximum absolute atomic E-state index is 7.83. The molecule has 0 atom stereocenters. The Hall–Kier alpha value is -6.15. The van der Waals surface area contributed by atoms with Crippen LogP contribution in [0.3, 0.4) is 0 Å². The molecule has 0 aliphatic rings. The number of fused-ring (bicyclic) bond motifs is 2. The van der Waals surface area contributed by atoms with E-state index in [9.17, 15) is 0 Å². The van der Waals surface area contributed by atoms with E-state index in [1.54, 1.807) is 0 Å². The van der Waals surface area contributed by atoms with Crippen LogP contribution in [0.4, 0.5) is 11.4 Å². The number of nitrogens with zero attached hydrogens (tertiary/aromatic N) is 2. The summed E-state index contributed by atoms with van der Waals surface area (Å²) in [5.41, 5.74) is 10.8. The number of unbranched alkanes of at least 4 members (excludes halogenated alkanes) is 12. The Morgan fingerprint density at radius 3 is 0.730 bits per heavy atom. The fourth-order valence-electron chi connectivity index (χ4n) is 15.0. The fourth-order valence-corrected chi connectivity index (χ4v) is 25.3. The van der Waals surface area contributed by atoms with Crippen molar-refractivity contribution in [3.8, 4) is 68.9 Å². The number of hydrogen-bond acceptors (Lipinski definition) is 6. The molecule has 0 bridgehead atoms. The van der Waals surface area contributed by atoms with Crippen molar-refractivity contribution in [2.24, 2.45) is 0 Å². The van der Waals surface area contributed by atoms with Crippen LogP contribution >= 0.6 is 0 Å². The monoisotopic (exact) mass is 1420 g/mol. The van der Waals surface area contributed by atoms with E-state index in [1.807, 2.05) is 0 Å². The first kappa shape index (κ1) is 81.2. The van der Waals surface area contributed by atoms with Crippen molar-refractivity contribution in [3.05, 3.63) is 144 Å². The first-order chi connectivity index (χ1) is 48.7. The van der Waals surface area contributed by atoms with Gasteiger partial charge in [0.25, 0.3) is 33.3 Å². The first-order valence-corrected chi connectivity index (χ1v) is 50.6. The van der Waals surface area contributed by atoms with E-state index in [2.05, 4.69) is 266 Å². The summed E-state index contributed by atoms with van der Waals surface area (Å²) in [7, 11) is -9.20. The summed E-state index contributed by atoms with van der Waals surface area (Å²) in [5, 5.41) is 4.41. The Balaban J connectivity index is 1.62. The highest BCUT2D eigenvalue weighted by molar-refractivity contribution is 6.75. The third kappa shape index (κ3) is 21.0. The van der Waals surface area contributed by atoms with Crippen LogP contribution in [0, 0.1) is 23.7 Å². The number of anilines is 2. The predicted octanol–water partition coefficient (Wildman–Crippen LogP) is 27.6. The second kappa shape index (κ2) is 41.2. The lowest BCUT2D eigenvalue weighted by Crippen LogP contribution is -2.40. The fraction of sp³-hybridized carbons (Fsp3) is 0.533. The lowest BCUT2D eigenvalue weighted by atomic mass is 9.84. The maximum atomic E-state index is 7.83. The van der Waals surface area contributed by atoms with Crippen LogP contribution in [0.15, 0.2) is 121 Å². The third-order valence-electron chi connectivity index (χ3n) is 22.9. The molecule has 0 N–H and O–H groups in total. The van der Waals surface area contributed by atoms with Crippen molar-refractivity contribution in [3.63, 3.8) is 0 Å². The summed E-state index contributed by atoms with van der Waals surface area (Å²) in [5.74, 6) is 18.6. The van der Waals surface area contributed by atoms with Crippen molar-refractivity contribution in [2.45, 2.75) is 286 Å². The van der Waals surface area contributed by atoms with Crippen molar-refractivity contribution in [1.82, 2.24) is 0 Å².